The largest absolute Gasteiger partial charge is 0.504 e. The lowest BCUT2D eigenvalue weighted by atomic mass is 10.1. The van der Waals surface area contributed by atoms with Crippen molar-refractivity contribution in [2.75, 3.05) is 6.54 Å². The zero-order valence-corrected chi connectivity index (χ0v) is 10.9. The van der Waals surface area contributed by atoms with Gasteiger partial charge in [-0.15, -0.1) is 0 Å². The maximum atomic E-state index is 11.2. The van der Waals surface area contributed by atoms with Gasteiger partial charge in [-0.3, -0.25) is 4.79 Å². The van der Waals surface area contributed by atoms with Crippen LogP contribution in [0.4, 0.5) is 0 Å². The Morgan fingerprint density at radius 3 is 2.32 bits per heavy atom. The van der Waals surface area contributed by atoms with Gasteiger partial charge in [-0.2, -0.15) is 0 Å². The predicted octanol–water partition coefficient (Wildman–Crippen LogP) is 1.82. The summed E-state index contributed by atoms with van der Waals surface area (Å²) in [5.74, 6) is -1.31. The van der Waals surface area contributed by atoms with Crippen molar-refractivity contribution in [2.24, 2.45) is 0 Å². The molecule has 5 heteroatoms. The van der Waals surface area contributed by atoms with Gasteiger partial charge in [0.1, 0.15) is 0 Å². The number of rotatable bonds is 6. The molecule has 0 heterocycles. The van der Waals surface area contributed by atoms with Gasteiger partial charge in [-0.05, 0) is 43.9 Å². The normalized spacial score (nSPS) is 10.2. The average molecular weight is 265 g/mol. The first-order chi connectivity index (χ1) is 8.91. The van der Waals surface area contributed by atoms with Gasteiger partial charge < -0.3 is 20.6 Å². The zero-order valence-electron chi connectivity index (χ0n) is 10.9. The summed E-state index contributed by atoms with van der Waals surface area (Å²) in [6, 6.07) is 2.84. The summed E-state index contributed by atoms with van der Waals surface area (Å²) >= 11 is 0. The van der Waals surface area contributed by atoms with E-state index >= 15 is 0 Å². The SMILES string of the molecule is C=C(C)C(=O)NCCCCc1cc(O)c(O)c(O)c1. The molecule has 0 bridgehead atoms. The predicted molar refractivity (Wildman–Crippen MR) is 72.2 cm³/mol. The summed E-state index contributed by atoms with van der Waals surface area (Å²) in [5.41, 5.74) is 1.22. The molecule has 0 atom stereocenters. The van der Waals surface area contributed by atoms with Crippen molar-refractivity contribution in [3.8, 4) is 17.2 Å². The summed E-state index contributed by atoms with van der Waals surface area (Å²) in [7, 11) is 0. The molecule has 1 amide bonds. The third kappa shape index (κ3) is 4.54. The summed E-state index contributed by atoms with van der Waals surface area (Å²) in [6.45, 7) is 5.75. The monoisotopic (exact) mass is 265 g/mol. The molecule has 0 aliphatic rings. The number of hydrogen-bond donors (Lipinski definition) is 4. The van der Waals surface area contributed by atoms with Gasteiger partial charge >= 0.3 is 0 Å². The highest BCUT2D eigenvalue weighted by Crippen LogP contribution is 2.35. The minimum absolute atomic E-state index is 0.153. The number of amides is 1. The van der Waals surface area contributed by atoms with Crippen LogP contribution in [0.1, 0.15) is 25.3 Å². The van der Waals surface area contributed by atoms with Crippen molar-refractivity contribution in [3.63, 3.8) is 0 Å². The molecule has 0 saturated carbocycles. The van der Waals surface area contributed by atoms with E-state index in [0.717, 1.165) is 18.4 Å². The van der Waals surface area contributed by atoms with E-state index in [4.69, 9.17) is 0 Å². The molecule has 4 N–H and O–H groups in total. The Morgan fingerprint density at radius 2 is 1.79 bits per heavy atom. The van der Waals surface area contributed by atoms with E-state index in [2.05, 4.69) is 11.9 Å². The lowest BCUT2D eigenvalue weighted by Gasteiger charge is -2.07. The molecule has 0 aliphatic carbocycles. The fourth-order valence-corrected chi connectivity index (χ4v) is 1.61. The van der Waals surface area contributed by atoms with Gasteiger partial charge in [0.15, 0.2) is 17.2 Å². The second-order valence-electron chi connectivity index (χ2n) is 4.48. The van der Waals surface area contributed by atoms with Gasteiger partial charge in [0.2, 0.25) is 5.91 Å². The standard InChI is InChI=1S/C14H19NO4/c1-9(2)14(19)15-6-4-3-5-10-7-11(16)13(18)12(17)8-10/h7-8,16-18H,1,3-6H2,2H3,(H,15,19). The van der Waals surface area contributed by atoms with Gasteiger partial charge in [0, 0.05) is 12.1 Å². The summed E-state index contributed by atoms with van der Waals surface area (Å²) < 4.78 is 0. The molecule has 0 unspecified atom stereocenters. The van der Waals surface area contributed by atoms with Crippen LogP contribution in [0, 0.1) is 0 Å². The third-order valence-corrected chi connectivity index (χ3v) is 2.69. The number of benzene rings is 1. The van der Waals surface area contributed by atoms with Crippen LogP contribution in [0.2, 0.25) is 0 Å². The van der Waals surface area contributed by atoms with Crippen LogP contribution in [-0.4, -0.2) is 27.8 Å². The highest BCUT2D eigenvalue weighted by Gasteiger charge is 2.07. The van der Waals surface area contributed by atoms with E-state index in [-0.39, 0.29) is 17.4 Å². The molecular weight excluding hydrogens is 246 g/mol. The average Bonchev–Trinajstić information content (AvgIpc) is 2.34. The quantitative estimate of drug-likeness (QED) is 0.359. The van der Waals surface area contributed by atoms with Gasteiger partial charge in [-0.25, -0.2) is 0 Å². The van der Waals surface area contributed by atoms with Crippen LogP contribution in [0.25, 0.3) is 0 Å². The van der Waals surface area contributed by atoms with Crippen LogP contribution in [0.3, 0.4) is 0 Å². The molecule has 0 aromatic heterocycles. The summed E-state index contributed by atoms with van der Waals surface area (Å²) in [5, 5.41) is 30.6. The number of phenolic OH excluding ortho intramolecular Hbond substituents is 3. The number of aryl methyl sites for hydroxylation is 1. The van der Waals surface area contributed by atoms with Crippen molar-refractivity contribution in [1.82, 2.24) is 5.32 Å². The Balaban J connectivity index is 2.34. The first-order valence-electron chi connectivity index (χ1n) is 6.09. The molecule has 0 saturated heterocycles. The van der Waals surface area contributed by atoms with Crippen LogP contribution < -0.4 is 5.32 Å². The molecule has 0 fully saturated rings. The minimum Gasteiger partial charge on any atom is -0.504 e. The first kappa shape index (κ1) is 14.9. The second-order valence-corrected chi connectivity index (χ2v) is 4.48. The number of nitrogens with one attached hydrogen (secondary N) is 1. The fourth-order valence-electron chi connectivity index (χ4n) is 1.61. The number of carbonyl (C=O) groups excluding carboxylic acids is 1. The topological polar surface area (TPSA) is 89.8 Å². The van der Waals surface area contributed by atoms with Crippen molar-refractivity contribution >= 4 is 5.91 Å². The molecule has 0 spiro atoms. The highest BCUT2D eigenvalue weighted by atomic mass is 16.3. The Hall–Kier alpha value is -2.17. The van der Waals surface area contributed by atoms with Crippen LogP contribution >= 0.6 is 0 Å². The number of carbonyl (C=O) groups is 1. The lowest BCUT2D eigenvalue weighted by molar-refractivity contribution is -0.117. The fraction of sp³-hybridized carbons (Fsp3) is 0.357. The Bertz CT molecular complexity index is 459. The number of unbranched alkanes of at least 4 members (excludes halogenated alkanes) is 1. The molecule has 0 aliphatic heterocycles. The molecule has 104 valence electrons. The van der Waals surface area contributed by atoms with Crippen molar-refractivity contribution in [2.45, 2.75) is 26.2 Å². The summed E-state index contributed by atoms with van der Waals surface area (Å²) in [4.78, 5) is 11.2. The second kappa shape index (κ2) is 6.68. The van der Waals surface area contributed by atoms with Crippen LogP contribution in [0.5, 0.6) is 17.2 Å². The van der Waals surface area contributed by atoms with E-state index in [0.29, 0.717) is 18.5 Å². The lowest BCUT2D eigenvalue weighted by Crippen LogP contribution is -2.24. The number of phenols is 3. The minimum atomic E-state index is -0.502. The Kier molecular flexibility index (Phi) is 5.23. The van der Waals surface area contributed by atoms with E-state index in [1.165, 1.54) is 12.1 Å². The van der Waals surface area contributed by atoms with E-state index in [9.17, 15) is 20.1 Å². The maximum absolute atomic E-state index is 11.2. The maximum Gasteiger partial charge on any atom is 0.246 e. The number of aromatic hydroxyl groups is 3. The van der Waals surface area contributed by atoms with Crippen molar-refractivity contribution in [1.29, 1.82) is 0 Å². The molecule has 0 radical (unpaired) electrons. The Labute approximate surface area is 112 Å². The molecule has 19 heavy (non-hydrogen) atoms. The molecular formula is C14H19NO4. The molecule has 1 aromatic rings. The number of hydrogen-bond acceptors (Lipinski definition) is 4. The van der Waals surface area contributed by atoms with Gasteiger partial charge in [0.25, 0.3) is 0 Å². The van der Waals surface area contributed by atoms with Crippen LogP contribution in [-0.2, 0) is 11.2 Å². The highest BCUT2D eigenvalue weighted by molar-refractivity contribution is 5.91. The smallest absolute Gasteiger partial charge is 0.246 e. The van der Waals surface area contributed by atoms with Crippen molar-refractivity contribution < 1.29 is 20.1 Å². The first-order valence-corrected chi connectivity index (χ1v) is 6.09. The van der Waals surface area contributed by atoms with Gasteiger partial charge in [0.05, 0.1) is 0 Å². The van der Waals surface area contributed by atoms with E-state index in [1.54, 1.807) is 6.92 Å². The Morgan fingerprint density at radius 1 is 1.21 bits per heavy atom. The zero-order chi connectivity index (χ0) is 14.4. The third-order valence-electron chi connectivity index (χ3n) is 2.69. The van der Waals surface area contributed by atoms with Crippen molar-refractivity contribution in [3.05, 3.63) is 29.8 Å². The summed E-state index contributed by atoms with van der Waals surface area (Å²) in [6.07, 6.45) is 2.21. The van der Waals surface area contributed by atoms with Gasteiger partial charge in [-0.1, -0.05) is 6.58 Å². The van der Waals surface area contributed by atoms with E-state index < -0.39 is 5.75 Å². The molecule has 1 rings (SSSR count). The molecule has 1 aromatic carbocycles. The van der Waals surface area contributed by atoms with Crippen LogP contribution in [0.15, 0.2) is 24.3 Å². The van der Waals surface area contributed by atoms with E-state index in [1.807, 2.05) is 0 Å². The molecule has 5 nitrogen and oxygen atoms in total.